The van der Waals surface area contributed by atoms with Crippen LogP contribution in [0.3, 0.4) is 0 Å². The summed E-state index contributed by atoms with van der Waals surface area (Å²) in [5.74, 6) is 1.62. The van der Waals surface area contributed by atoms with Gasteiger partial charge in [-0.25, -0.2) is 8.42 Å². The van der Waals surface area contributed by atoms with Gasteiger partial charge in [-0.2, -0.15) is 0 Å². The third kappa shape index (κ3) is 3.53. The fraction of sp³-hybridized carbons (Fsp3) is 0.130. The summed E-state index contributed by atoms with van der Waals surface area (Å²) in [5.41, 5.74) is 5.42. The molecule has 0 fully saturated rings. The van der Waals surface area contributed by atoms with Gasteiger partial charge < -0.3 is 4.74 Å². The van der Waals surface area contributed by atoms with Crippen LogP contribution in [0.25, 0.3) is 11.3 Å². The van der Waals surface area contributed by atoms with Crippen LogP contribution in [0.2, 0.25) is 0 Å². The molecule has 3 aromatic carbocycles. The van der Waals surface area contributed by atoms with E-state index in [1.165, 1.54) is 11.8 Å². The molecule has 136 valence electrons. The minimum Gasteiger partial charge on any atom is -0.456 e. The highest BCUT2D eigenvalue weighted by Gasteiger charge is 2.22. The largest absolute Gasteiger partial charge is 0.456 e. The first kappa shape index (κ1) is 17.6. The molecule has 0 bridgehead atoms. The summed E-state index contributed by atoms with van der Waals surface area (Å²) >= 11 is 0. The molecule has 0 atom stereocenters. The van der Waals surface area contributed by atoms with Crippen molar-refractivity contribution in [2.75, 3.05) is 6.26 Å². The van der Waals surface area contributed by atoms with E-state index in [-0.39, 0.29) is 0 Å². The molecule has 3 nitrogen and oxygen atoms in total. The van der Waals surface area contributed by atoms with Crippen LogP contribution in [0.5, 0.6) is 5.75 Å². The molecule has 4 heteroatoms. The molecular formula is C23H20O3S. The maximum atomic E-state index is 11.8. The summed E-state index contributed by atoms with van der Waals surface area (Å²) in [6, 6.07) is 23.3. The average molecular weight is 376 g/mol. The first-order valence-electron chi connectivity index (χ1n) is 8.78. The standard InChI is InChI=1S/C23H20O3S/c1-16-7-9-17(10-8-16)21-15-19-5-3-4-6-22(19)26-23(21)18-11-13-20(14-12-18)27(2,24)25/h3-14H,15H2,1-2H3. The van der Waals surface area contributed by atoms with E-state index in [4.69, 9.17) is 4.74 Å². The van der Waals surface area contributed by atoms with Crippen molar-refractivity contribution in [2.24, 2.45) is 0 Å². The van der Waals surface area contributed by atoms with E-state index >= 15 is 0 Å². The van der Waals surface area contributed by atoms with E-state index < -0.39 is 9.84 Å². The Labute approximate surface area is 159 Å². The Morgan fingerprint density at radius 1 is 0.815 bits per heavy atom. The third-order valence-electron chi connectivity index (χ3n) is 4.77. The molecule has 27 heavy (non-hydrogen) atoms. The number of fused-ring (bicyclic) bond motifs is 1. The molecule has 0 amide bonds. The quantitative estimate of drug-likeness (QED) is 0.653. The maximum absolute atomic E-state index is 11.8. The van der Waals surface area contributed by atoms with Crippen LogP contribution in [0.1, 0.15) is 22.3 Å². The molecule has 0 radical (unpaired) electrons. The SMILES string of the molecule is Cc1ccc(C2=C(c3ccc(S(C)(=O)=O)cc3)Oc3ccccc3C2)cc1. The fourth-order valence-corrected chi connectivity index (χ4v) is 3.90. The highest BCUT2D eigenvalue weighted by atomic mass is 32.2. The summed E-state index contributed by atoms with van der Waals surface area (Å²) < 4.78 is 29.8. The van der Waals surface area contributed by atoms with Crippen molar-refractivity contribution < 1.29 is 13.2 Å². The third-order valence-corrected chi connectivity index (χ3v) is 5.90. The van der Waals surface area contributed by atoms with Gasteiger partial charge in [-0.15, -0.1) is 0 Å². The monoisotopic (exact) mass is 376 g/mol. The molecule has 1 heterocycles. The number of benzene rings is 3. The Morgan fingerprint density at radius 3 is 2.11 bits per heavy atom. The van der Waals surface area contributed by atoms with Crippen molar-refractivity contribution >= 4 is 21.2 Å². The molecule has 3 aromatic rings. The predicted octanol–water partition coefficient (Wildman–Crippen LogP) is 4.90. The topological polar surface area (TPSA) is 43.4 Å². The number of para-hydroxylation sites is 1. The van der Waals surface area contributed by atoms with E-state index in [1.807, 2.05) is 30.3 Å². The van der Waals surface area contributed by atoms with Gasteiger partial charge in [0.1, 0.15) is 11.5 Å². The number of ether oxygens (including phenoxy) is 1. The lowest BCUT2D eigenvalue weighted by Crippen LogP contribution is -2.09. The lowest BCUT2D eigenvalue weighted by Gasteiger charge is -2.24. The number of hydrogen-bond donors (Lipinski definition) is 0. The van der Waals surface area contributed by atoms with Gasteiger partial charge in [0.05, 0.1) is 4.90 Å². The summed E-state index contributed by atoms with van der Waals surface area (Å²) in [6.45, 7) is 2.07. The number of sulfone groups is 1. The van der Waals surface area contributed by atoms with E-state index in [0.29, 0.717) is 4.90 Å². The predicted molar refractivity (Wildman–Crippen MR) is 108 cm³/mol. The summed E-state index contributed by atoms with van der Waals surface area (Å²) in [4.78, 5) is 0.306. The second kappa shape index (κ2) is 6.71. The number of allylic oxidation sites excluding steroid dienone is 1. The molecule has 0 saturated heterocycles. The first-order chi connectivity index (χ1) is 12.9. The van der Waals surface area contributed by atoms with Gasteiger partial charge in [-0.3, -0.25) is 0 Å². The molecular weight excluding hydrogens is 356 g/mol. The smallest absolute Gasteiger partial charge is 0.175 e. The minimum atomic E-state index is -3.23. The van der Waals surface area contributed by atoms with Gasteiger partial charge in [0.25, 0.3) is 0 Å². The summed E-state index contributed by atoms with van der Waals surface area (Å²) in [6.07, 6.45) is 1.98. The van der Waals surface area contributed by atoms with Crippen molar-refractivity contribution in [3.8, 4) is 5.75 Å². The van der Waals surface area contributed by atoms with E-state index in [1.54, 1.807) is 12.1 Å². The Morgan fingerprint density at radius 2 is 1.44 bits per heavy atom. The van der Waals surface area contributed by atoms with Gasteiger partial charge in [-0.05, 0) is 48.4 Å². The number of aryl methyl sites for hydroxylation is 1. The van der Waals surface area contributed by atoms with Crippen LogP contribution in [0, 0.1) is 6.92 Å². The van der Waals surface area contributed by atoms with Gasteiger partial charge in [-0.1, -0.05) is 48.0 Å². The molecule has 1 aliphatic heterocycles. The molecule has 0 N–H and O–H groups in total. The Kier molecular flexibility index (Phi) is 4.36. The van der Waals surface area contributed by atoms with Gasteiger partial charge in [0.15, 0.2) is 9.84 Å². The Balaban J connectivity index is 1.85. The zero-order chi connectivity index (χ0) is 19.0. The lowest BCUT2D eigenvalue weighted by atomic mass is 9.92. The molecule has 0 saturated carbocycles. The van der Waals surface area contributed by atoms with E-state index in [2.05, 4.69) is 37.3 Å². The van der Waals surface area contributed by atoms with Crippen molar-refractivity contribution in [3.05, 3.63) is 95.1 Å². The highest BCUT2D eigenvalue weighted by Crippen LogP contribution is 2.39. The van der Waals surface area contributed by atoms with Gasteiger partial charge >= 0.3 is 0 Å². The van der Waals surface area contributed by atoms with Crippen molar-refractivity contribution in [1.29, 1.82) is 0 Å². The van der Waals surface area contributed by atoms with Crippen LogP contribution in [0.4, 0.5) is 0 Å². The van der Waals surface area contributed by atoms with Crippen LogP contribution in [-0.2, 0) is 16.3 Å². The minimum absolute atomic E-state index is 0.306. The summed E-state index contributed by atoms with van der Waals surface area (Å²) in [5, 5.41) is 0. The number of hydrogen-bond acceptors (Lipinski definition) is 3. The molecule has 0 aliphatic carbocycles. The molecule has 0 aromatic heterocycles. The van der Waals surface area contributed by atoms with Crippen LogP contribution >= 0.6 is 0 Å². The second-order valence-corrected chi connectivity index (χ2v) is 8.87. The first-order valence-corrected chi connectivity index (χ1v) is 10.7. The zero-order valence-electron chi connectivity index (χ0n) is 15.3. The Bertz CT molecular complexity index is 1120. The zero-order valence-corrected chi connectivity index (χ0v) is 16.1. The molecule has 4 rings (SSSR count). The maximum Gasteiger partial charge on any atom is 0.175 e. The number of rotatable bonds is 3. The normalized spacial score (nSPS) is 13.9. The molecule has 0 unspecified atom stereocenters. The molecule has 0 spiro atoms. The van der Waals surface area contributed by atoms with Crippen LogP contribution in [0.15, 0.2) is 77.7 Å². The average Bonchev–Trinajstić information content (AvgIpc) is 2.67. The van der Waals surface area contributed by atoms with Crippen molar-refractivity contribution in [1.82, 2.24) is 0 Å². The van der Waals surface area contributed by atoms with E-state index in [9.17, 15) is 8.42 Å². The van der Waals surface area contributed by atoms with E-state index in [0.717, 1.165) is 40.2 Å². The van der Waals surface area contributed by atoms with Crippen molar-refractivity contribution in [2.45, 2.75) is 18.2 Å². The van der Waals surface area contributed by atoms with Crippen LogP contribution in [-0.4, -0.2) is 14.7 Å². The fourth-order valence-electron chi connectivity index (χ4n) is 3.27. The lowest BCUT2D eigenvalue weighted by molar-refractivity contribution is 0.502. The Hall–Kier alpha value is -2.85. The van der Waals surface area contributed by atoms with Gasteiger partial charge in [0, 0.05) is 23.8 Å². The van der Waals surface area contributed by atoms with Crippen molar-refractivity contribution in [3.63, 3.8) is 0 Å². The molecule has 1 aliphatic rings. The van der Waals surface area contributed by atoms with Crippen LogP contribution < -0.4 is 4.74 Å². The van der Waals surface area contributed by atoms with Gasteiger partial charge in [0.2, 0.25) is 0 Å². The highest BCUT2D eigenvalue weighted by molar-refractivity contribution is 7.90. The summed E-state index contributed by atoms with van der Waals surface area (Å²) in [7, 11) is -3.23. The second-order valence-electron chi connectivity index (χ2n) is 6.86.